The Morgan fingerprint density at radius 1 is 1.82 bits per heavy atom. The van der Waals surface area contributed by atoms with Crippen molar-refractivity contribution in [2.24, 2.45) is 17.0 Å². The van der Waals surface area contributed by atoms with Gasteiger partial charge in [0.2, 0.25) is 5.91 Å². The Balaban J connectivity index is 2.72. The van der Waals surface area contributed by atoms with Gasteiger partial charge in [0.1, 0.15) is 0 Å². The number of nitrogens with two attached hydrogens (primary N) is 2. The smallest absolute Gasteiger partial charge is 0.243 e. The summed E-state index contributed by atoms with van der Waals surface area (Å²) in [7, 11) is 0. The summed E-state index contributed by atoms with van der Waals surface area (Å²) in [4.78, 5) is 11.2. The molecule has 0 aromatic carbocycles. The molecule has 1 amide bonds. The second kappa shape index (κ2) is 2.77. The molecule has 0 bridgehead atoms. The van der Waals surface area contributed by atoms with Crippen molar-refractivity contribution in [2.75, 3.05) is 13.2 Å². The van der Waals surface area contributed by atoms with Crippen molar-refractivity contribution in [1.29, 1.82) is 0 Å². The first-order chi connectivity index (χ1) is 5.11. The minimum Gasteiger partial charge on any atom is -0.379 e. The highest BCUT2D eigenvalue weighted by Crippen LogP contribution is 2.26. The zero-order chi connectivity index (χ0) is 8.48. The Morgan fingerprint density at radius 3 is 2.82 bits per heavy atom. The number of hydrogen-bond donors (Lipinski definition) is 3. The molecular formula is C6H13N3O2. The van der Waals surface area contributed by atoms with Crippen molar-refractivity contribution in [3.63, 3.8) is 0 Å². The van der Waals surface area contributed by atoms with Crippen LogP contribution in [0.5, 0.6) is 0 Å². The Hall–Kier alpha value is -0.650. The summed E-state index contributed by atoms with van der Waals surface area (Å²) in [5, 5.41) is 0. The molecule has 11 heavy (non-hydrogen) atoms. The lowest BCUT2D eigenvalue weighted by molar-refractivity contribution is -0.130. The average Bonchev–Trinajstić information content (AvgIpc) is 2.32. The SMILES string of the molecule is CC1(C(=O)NN)COCC1N. The molecule has 64 valence electrons. The van der Waals surface area contributed by atoms with Gasteiger partial charge in [0.25, 0.3) is 0 Å². The Morgan fingerprint density at radius 2 is 2.45 bits per heavy atom. The molecule has 5 N–H and O–H groups in total. The summed E-state index contributed by atoms with van der Waals surface area (Å²) in [5.74, 6) is 4.73. The highest BCUT2D eigenvalue weighted by atomic mass is 16.5. The van der Waals surface area contributed by atoms with Gasteiger partial charge < -0.3 is 10.5 Å². The van der Waals surface area contributed by atoms with Crippen molar-refractivity contribution in [1.82, 2.24) is 5.43 Å². The second-order valence-corrected chi connectivity index (χ2v) is 3.01. The predicted molar refractivity (Wildman–Crippen MR) is 39.2 cm³/mol. The minimum atomic E-state index is -0.658. The van der Waals surface area contributed by atoms with Gasteiger partial charge in [-0.15, -0.1) is 0 Å². The summed E-state index contributed by atoms with van der Waals surface area (Å²) in [6.07, 6.45) is 0. The van der Waals surface area contributed by atoms with E-state index in [9.17, 15) is 4.79 Å². The minimum absolute atomic E-state index is 0.258. The van der Waals surface area contributed by atoms with E-state index in [0.717, 1.165) is 0 Å². The first-order valence-corrected chi connectivity index (χ1v) is 3.45. The Kier molecular flexibility index (Phi) is 2.12. The molecule has 1 rings (SSSR count). The van der Waals surface area contributed by atoms with Crippen LogP contribution in [0.25, 0.3) is 0 Å². The normalized spacial score (nSPS) is 37.2. The summed E-state index contributed by atoms with van der Waals surface area (Å²) in [6, 6.07) is -0.258. The zero-order valence-corrected chi connectivity index (χ0v) is 6.46. The molecule has 1 fully saturated rings. The van der Waals surface area contributed by atoms with Crippen LogP contribution >= 0.6 is 0 Å². The molecule has 1 heterocycles. The van der Waals surface area contributed by atoms with Crippen molar-refractivity contribution in [3.8, 4) is 0 Å². The number of hydrogen-bond acceptors (Lipinski definition) is 4. The largest absolute Gasteiger partial charge is 0.379 e. The van der Waals surface area contributed by atoms with Crippen LogP contribution in [0.3, 0.4) is 0 Å². The van der Waals surface area contributed by atoms with Crippen LogP contribution in [-0.4, -0.2) is 25.2 Å². The molecule has 1 aliphatic rings. The van der Waals surface area contributed by atoms with Crippen molar-refractivity contribution < 1.29 is 9.53 Å². The number of ether oxygens (including phenoxy) is 1. The summed E-state index contributed by atoms with van der Waals surface area (Å²) < 4.78 is 5.05. The van der Waals surface area contributed by atoms with E-state index in [1.165, 1.54) is 0 Å². The standard InChI is InChI=1S/C6H13N3O2/c1-6(5(10)9-8)3-11-2-4(6)7/h4H,2-3,7-8H2,1H3,(H,9,10). The molecule has 0 saturated carbocycles. The van der Waals surface area contributed by atoms with Crippen LogP contribution in [-0.2, 0) is 9.53 Å². The Bertz CT molecular complexity index is 173. The maximum absolute atomic E-state index is 11.2. The first-order valence-electron chi connectivity index (χ1n) is 3.45. The summed E-state index contributed by atoms with van der Waals surface area (Å²) in [6.45, 7) is 2.51. The maximum Gasteiger partial charge on any atom is 0.243 e. The van der Waals surface area contributed by atoms with Gasteiger partial charge in [-0.25, -0.2) is 5.84 Å². The number of rotatable bonds is 1. The van der Waals surface area contributed by atoms with E-state index in [0.29, 0.717) is 13.2 Å². The number of carbonyl (C=O) groups excluding carboxylic acids is 1. The number of nitrogens with one attached hydrogen (secondary N) is 1. The lowest BCUT2D eigenvalue weighted by Crippen LogP contribution is -2.51. The van der Waals surface area contributed by atoms with Crippen molar-refractivity contribution in [2.45, 2.75) is 13.0 Å². The molecule has 5 heteroatoms. The van der Waals surface area contributed by atoms with E-state index in [4.69, 9.17) is 16.3 Å². The van der Waals surface area contributed by atoms with Crippen LogP contribution in [0.2, 0.25) is 0 Å². The van der Waals surface area contributed by atoms with Gasteiger partial charge >= 0.3 is 0 Å². The number of carbonyl (C=O) groups is 1. The second-order valence-electron chi connectivity index (χ2n) is 3.01. The molecule has 0 radical (unpaired) electrons. The average molecular weight is 159 g/mol. The molecule has 0 spiro atoms. The van der Waals surface area contributed by atoms with Gasteiger partial charge in [0.05, 0.1) is 18.6 Å². The van der Waals surface area contributed by atoms with Crippen molar-refractivity contribution in [3.05, 3.63) is 0 Å². The van der Waals surface area contributed by atoms with Gasteiger partial charge in [0.15, 0.2) is 0 Å². The fraction of sp³-hybridized carbons (Fsp3) is 0.833. The van der Waals surface area contributed by atoms with Gasteiger partial charge in [0, 0.05) is 6.04 Å². The van der Waals surface area contributed by atoms with Crippen LogP contribution in [0.4, 0.5) is 0 Å². The third-order valence-corrected chi connectivity index (χ3v) is 2.17. The van der Waals surface area contributed by atoms with E-state index in [2.05, 4.69) is 5.43 Å². The van der Waals surface area contributed by atoms with Crippen LogP contribution in [0.1, 0.15) is 6.92 Å². The summed E-state index contributed by atoms with van der Waals surface area (Å²) >= 11 is 0. The van der Waals surface area contributed by atoms with Crippen LogP contribution in [0.15, 0.2) is 0 Å². The monoisotopic (exact) mass is 159 g/mol. The highest BCUT2D eigenvalue weighted by Gasteiger charge is 2.43. The van der Waals surface area contributed by atoms with E-state index in [1.54, 1.807) is 6.92 Å². The molecular weight excluding hydrogens is 146 g/mol. The molecule has 2 unspecified atom stereocenters. The van der Waals surface area contributed by atoms with Gasteiger partial charge in [-0.3, -0.25) is 10.2 Å². The molecule has 1 saturated heterocycles. The predicted octanol–water partition coefficient (Wildman–Crippen LogP) is -1.66. The fourth-order valence-corrected chi connectivity index (χ4v) is 1.09. The lowest BCUT2D eigenvalue weighted by atomic mass is 9.85. The van der Waals surface area contributed by atoms with Gasteiger partial charge in [-0.05, 0) is 6.92 Å². The fourth-order valence-electron chi connectivity index (χ4n) is 1.09. The van der Waals surface area contributed by atoms with Crippen molar-refractivity contribution >= 4 is 5.91 Å². The topological polar surface area (TPSA) is 90.4 Å². The molecule has 0 aromatic rings. The quantitative estimate of drug-likeness (QED) is 0.243. The molecule has 1 aliphatic heterocycles. The van der Waals surface area contributed by atoms with E-state index < -0.39 is 5.41 Å². The van der Waals surface area contributed by atoms with Crippen LogP contribution < -0.4 is 17.0 Å². The van der Waals surface area contributed by atoms with Gasteiger partial charge in [-0.2, -0.15) is 0 Å². The maximum atomic E-state index is 11.2. The number of hydrazine groups is 1. The zero-order valence-electron chi connectivity index (χ0n) is 6.46. The highest BCUT2D eigenvalue weighted by molar-refractivity contribution is 5.83. The van der Waals surface area contributed by atoms with E-state index in [-0.39, 0.29) is 11.9 Å². The molecule has 5 nitrogen and oxygen atoms in total. The Labute approximate surface area is 65.0 Å². The first kappa shape index (κ1) is 8.45. The molecule has 2 atom stereocenters. The third-order valence-electron chi connectivity index (χ3n) is 2.17. The number of amides is 1. The van der Waals surface area contributed by atoms with Gasteiger partial charge in [-0.1, -0.05) is 0 Å². The summed E-state index contributed by atoms with van der Waals surface area (Å²) in [5.41, 5.74) is 7.07. The lowest BCUT2D eigenvalue weighted by Gasteiger charge is -2.23. The molecule has 0 aromatic heterocycles. The van der Waals surface area contributed by atoms with E-state index >= 15 is 0 Å². The third kappa shape index (κ3) is 1.22. The molecule has 0 aliphatic carbocycles. The van der Waals surface area contributed by atoms with E-state index in [1.807, 2.05) is 0 Å². The van der Waals surface area contributed by atoms with Crippen LogP contribution in [0, 0.1) is 5.41 Å².